The Morgan fingerprint density at radius 2 is 1.83 bits per heavy atom. The highest BCUT2D eigenvalue weighted by atomic mass is 32.2. The van der Waals surface area contributed by atoms with Crippen molar-refractivity contribution >= 4 is 15.7 Å². The second kappa shape index (κ2) is 6.60. The number of rotatable bonds is 5. The van der Waals surface area contributed by atoms with Gasteiger partial charge >= 0.3 is 0 Å². The van der Waals surface area contributed by atoms with Crippen molar-refractivity contribution in [1.82, 2.24) is 0 Å². The predicted octanol–water partition coefficient (Wildman–Crippen LogP) is 2.17. The van der Waals surface area contributed by atoms with Crippen LogP contribution < -0.4 is 14.8 Å². The average molecular weight is 332 g/mol. The number of ether oxygens (including phenoxy) is 1. The molecule has 122 valence electrons. The molecule has 2 aromatic carbocycles. The first-order chi connectivity index (χ1) is 11.0. The van der Waals surface area contributed by atoms with Crippen molar-refractivity contribution in [2.75, 3.05) is 24.6 Å². The van der Waals surface area contributed by atoms with Crippen LogP contribution in [0.5, 0.6) is 5.75 Å². The van der Waals surface area contributed by atoms with Gasteiger partial charge in [0.25, 0.3) is 0 Å². The van der Waals surface area contributed by atoms with Crippen LogP contribution in [0.2, 0.25) is 0 Å². The Morgan fingerprint density at radius 1 is 1.09 bits per heavy atom. The van der Waals surface area contributed by atoms with E-state index in [-0.39, 0.29) is 4.90 Å². The van der Waals surface area contributed by atoms with Crippen molar-refractivity contribution in [1.29, 1.82) is 0 Å². The van der Waals surface area contributed by atoms with Gasteiger partial charge in [0.15, 0.2) is 0 Å². The minimum Gasteiger partial charge on any atom is -0.492 e. The van der Waals surface area contributed by atoms with Crippen LogP contribution in [0.15, 0.2) is 53.4 Å². The van der Waals surface area contributed by atoms with E-state index in [4.69, 9.17) is 9.88 Å². The lowest BCUT2D eigenvalue weighted by molar-refractivity contribution is 0.322. The van der Waals surface area contributed by atoms with E-state index in [1.807, 2.05) is 0 Å². The summed E-state index contributed by atoms with van der Waals surface area (Å²) in [6, 6.07) is 14.6. The molecule has 23 heavy (non-hydrogen) atoms. The molecule has 5 nitrogen and oxygen atoms in total. The summed E-state index contributed by atoms with van der Waals surface area (Å²) in [7, 11) is -3.65. The van der Waals surface area contributed by atoms with Gasteiger partial charge in [0.05, 0.1) is 11.4 Å². The van der Waals surface area contributed by atoms with Gasteiger partial charge in [0.2, 0.25) is 10.0 Å². The first kappa shape index (κ1) is 15.8. The lowest BCUT2D eigenvalue weighted by Gasteiger charge is -2.31. The van der Waals surface area contributed by atoms with Crippen LogP contribution in [-0.2, 0) is 16.4 Å². The molecule has 0 saturated heterocycles. The number of sulfonamides is 1. The Balaban J connectivity index is 1.58. The number of hydrogen-bond acceptors (Lipinski definition) is 4. The van der Waals surface area contributed by atoms with Gasteiger partial charge in [-0.15, -0.1) is 0 Å². The number of aryl methyl sites for hydroxylation is 1. The number of primary sulfonamides is 1. The summed E-state index contributed by atoms with van der Waals surface area (Å²) in [5, 5.41) is 5.07. The van der Waals surface area contributed by atoms with Crippen LogP contribution in [0.25, 0.3) is 0 Å². The maximum Gasteiger partial charge on any atom is 0.238 e. The monoisotopic (exact) mass is 332 g/mol. The van der Waals surface area contributed by atoms with E-state index in [0.717, 1.165) is 25.9 Å². The van der Waals surface area contributed by atoms with Gasteiger partial charge in [-0.2, -0.15) is 0 Å². The molecule has 0 aromatic heterocycles. The zero-order chi connectivity index (χ0) is 16.3. The molecule has 2 N–H and O–H groups in total. The first-order valence-corrected chi connectivity index (χ1v) is 9.17. The quantitative estimate of drug-likeness (QED) is 0.911. The lowest BCUT2D eigenvalue weighted by Crippen LogP contribution is -2.33. The van der Waals surface area contributed by atoms with Crippen LogP contribution in [0.1, 0.15) is 12.0 Å². The largest absolute Gasteiger partial charge is 0.492 e. The van der Waals surface area contributed by atoms with E-state index in [1.165, 1.54) is 23.4 Å². The number of para-hydroxylation sites is 1. The van der Waals surface area contributed by atoms with Crippen molar-refractivity contribution < 1.29 is 13.2 Å². The SMILES string of the molecule is NS(=O)(=O)c1ccc(OCCN2CCCc3ccccc32)cc1. The molecule has 0 radical (unpaired) electrons. The Hall–Kier alpha value is -2.05. The molecule has 1 aliphatic rings. The third kappa shape index (κ3) is 3.83. The summed E-state index contributed by atoms with van der Waals surface area (Å²) < 4.78 is 28.1. The maximum absolute atomic E-state index is 11.2. The zero-order valence-corrected chi connectivity index (χ0v) is 13.6. The first-order valence-electron chi connectivity index (χ1n) is 7.62. The average Bonchev–Trinajstić information content (AvgIpc) is 2.55. The molecule has 0 atom stereocenters. The smallest absolute Gasteiger partial charge is 0.238 e. The van der Waals surface area contributed by atoms with Gasteiger partial charge in [0, 0.05) is 12.2 Å². The molecular weight excluding hydrogens is 312 g/mol. The van der Waals surface area contributed by atoms with E-state index in [1.54, 1.807) is 12.1 Å². The normalized spacial score (nSPS) is 14.4. The van der Waals surface area contributed by atoms with E-state index in [9.17, 15) is 8.42 Å². The van der Waals surface area contributed by atoms with Crippen LogP contribution in [0.3, 0.4) is 0 Å². The lowest BCUT2D eigenvalue weighted by atomic mass is 10.0. The molecule has 0 amide bonds. The number of fused-ring (bicyclic) bond motifs is 1. The summed E-state index contributed by atoms with van der Waals surface area (Å²) in [4.78, 5) is 2.42. The molecule has 0 aliphatic carbocycles. The molecule has 6 heteroatoms. The molecule has 0 unspecified atom stereocenters. The second-order valence-corrected chi connectivity index (χ2v) is 7.15. The fraction of sp³-hybridized carbons (Fsp3) is 0.294. The second-order valence-electron chi connectivity index (χ2n) is 5.58. The highest BCUT2D eigenvalue weighted by molar-refractivity contribution is 7.89. The number of nitrogens with zero attached hydrogens (tertiary/aromatic N) is 1. The summed E-state index contributed by atoms with van der Waals surface area (Å²) in [5.41, 5.74) is 2.67. The fourth-order valence-corrected chi connectivity index (χ4v) is 3.36. The highest BCUT2D eigenvalue weighted by Gasteiger charge is 2.15. The molecule has 2 aromatic rings. The standard InChI is InChI=1S/C17H20N2O3S/c18-23(20,21)16-9-7-15(8-10-16)22-13-12-19-11-3-5-14-4-1-2-6-17(14)19/h1-2,4,6-10H,3,5,11-13H2,(H2,18,20,21). The minimum absolute atomic E-state index is 0.0924. The number of anilines is 1. The molecule has 0 spiro atoms. The van der Waals surface area contributed by atoms with Gasteiger partial charge in [-0.05, 0) is 48.7 Å². The summed E-state index contributed by atoms with van der Waals surface area (Å²) in [6.07, 6.45) is 2.28. The summed E-state index contributed by atoms with van der Waals surface area (Å²) >= 11 is 0. The Bertz CT molecular complexity index is 773. The van der Waals surface area contributed by atoms with Gasteiger partial charge in [-0.1, -0.05) is 18.2 Å². The molecule has 3 rings (SSSR count). The van der Waals surface area contributed by atoms with Gasteiger partial charge in [-0.25, -0.2) is 13.6 Å². The number of nitrogens with two attached hydrogens (primary N) is 1. The predicted molar refractivity (Wildman–Crippen MR) is 90.3 cm³/mol. The molecule has 1 aliphatic heterocycles. The molecular formula is C17H20N2O3S. The third-order valence-corrected chi connectivity index (χ3v) is 4.92. The summed E-state index contributed by atoms with van der Waals surface area (Å²) in [5.74, 6) is 0.641. The molecule has 0 bridgehead atoms. The molecule has 1 heterocycles. The topological polar surface area (TPSA) is 72.6 Å². The molecule has 0 fully saturated rings. The van der Waals surface area contributed by atoms with Gasteiger partial charge in [0.1, 0.15) is 12.4 Å². The van der Waals surface area contributed by atoms with Crippen molar-refractivity contribution in [3.05, 3.63) is 54.1 Å². The van der Waals surface area contributed by atoms with Gasteiger partial charge < -0.3 is 9.64 Å². The van der Waals surface area contributed by atoms with Crippen molar-refractivity contribution in [3.63, 3.8) is 0 Å². The van der Waals surface area contributed by atoms with Crippen molar-refractivity contribution in [3.8, 4) is 5.75 Å². The van der Waals surface area contributed by atoms with E-state index in [2.05, 4.69) is 29.2 Å². The Labute approximate surface area is 136 Å². The van der Waals surface area contributed by atoms with E-state index >= 15 is 0 Å². The summed E-state index contributed by atoms with van der Waals surface area (Å²) in [6.45, 7) is 2.38. The van der Waals surface area contributed by atoms with Crippen LogP contribution in [0, 0.1) is 0 Å². The highest BCUT2D eigenvalue weighted by Crippen LogP contribution is 2.26. The minimum atomic E-state index is -3.65. The number of hydrogen-bond donors (Lipinski definition) is 1. The molecule has 0 saturated carbocycles. The number of benzene rings is 2. The van der Waals surface area contributed by atoms with Crippen LogP contribution in [0.4, 0.5) is 5.69 Å². The maximum atomic E-state index is 11.2. The Morgan fingerprint density at radius 3 is 2.57 bits per heavy atom. The Kier molecular flexibility index (Phi) is 4.54. The zero-order valence-electron chi connectivity index (χ0n) is 12.8. The van der Waals surface area contributed by atoms with Crippen molar-refractivity contribution in [2.45, 2.75) is 17.7 Å². The van der Waals surface area contributed by atoms with E-state index in [0.29, 0.717) is 12.4 Å². The van der Waals surface area contributed by atoms with Crippen LogP contribution >= 0.6 is 0 Å². The van der Waals surface area contributed by atoms with Crippen LogP contribution in [-0.4, -0.2) is 28.1 Å². The van der Waals surface area contributed by atoms with E-state index < -0.39 is 10.0 Å². The fourth-order valence-electron chi connectivity index (χ4n) is 2.84. The van der Waals surface area contributed by atoms with Crippen molar-refractivity contribution in [2.24, 2.45) is 5.14 Å². The van der Waals surface area contributed by atoms with Gasteiger partial charge in [-0.3, -0.25) is 0 Å². The third-order valence-electron chi connectivity index (χ3n) is 3.99.